The summed E-state index contributed by atoms with van der Waals surface area (Å²) in [5.74, 6) is -0.239. The van der Waals surface area contributed by atoms with Crippen LogP contribution in [-0.2, 0) is 0 Å². The number of aliphatic hydroxyl groups excluding tert-OH is 1. The van der Waals surface area contributed by atoms with Crippen molar-refractivity contribution in [3.63, 3.8) is 0 Å². The van der Waals surface area contributed by atoms with Crippen LogP contribution in [0.3, 0.4) is 0 Å². The van der Waals surface area contributed by atoms with Gasteiger partial charge in [-0.05, 0) is 31.9 Å². The van der Waals surface area contributed by atoms with E-state index >= 15 is 0 Å². The number of ether oxygens (including phenoxy) is 1. The zero-order chi connectivity index (χ0) is 13.5. The van der Waals surface area contributed by atoms with E-state index in [1.54, 1.807) is 19.1 Å². The van der Waals surface area contributed by atoms with Crippen molar-refractivity contribution in [2.75, 3.05) is 13.7 Å². The lowest BCUT2D eigenvalue weighted by Crippen LogP contribution is -2.25. The molecule has 0 fully saturated rings. The Morgan fingerprint density at radius 1 is 1.50 bits per heavy atom. The summed E-state index contributed by atoms with van der Waals surface area (Å²) >= 11 is 0. The highest BCUT2D eigenvalue weighted by Crippen LogP contribution is 2.29. The highest BCUT2D eigenvalue weighted by Gasteiger charge is 2.13. The number of methoxy groups -OCH3 is 1. The molecule has 5 nitrogen and oxygen atoms in total. The number of rotatable bonds is 6. The molecule has 0 aliphatic heterocycles. The van der Waals surface area contributed by atoms with Gasteiger partial charge in [-0.15, -0.1) is 0 Å². The summed E-state index contributed by atoms with van der Waals surface area (Å²) in [5, 5.41) is 21.5. The molecule has 1 aromatic carbocycles. The van der Waals surface area contributed by atoms with Gasteiger partial charge in [0.2, 0.25) is 0 Å². The largest absolute Gasteiger partial charge is 0.504 e. The van der Waals surface area contributed by atoms with Crippen LogP contribution in [0.5, 0.6) is 11.5 Å². The number of phenols is 1. The molecule has 0 saturated carbocycles. The Bertz CT molecular complexity index is 404. The molecule has 1 amide bonds. The summed E-state index contributed by atoms with van der Waals surface area (Å²) in [6.45, 7) is 2.16. The first-order chi connectivity index (χ1) is 8.56. The Hall–Kier alpha value is -1.75. The molecule has 0 spiro atoms. The van der Waals surface area contributed by atoms with E-state index in [-0.39, 0.29) is 29.1 Å². The van der Waals surface area contributed by atoms with E-state index < -0.39 is 0 Å². The lowest BCUT2D eigenvalue weighted by molar-refractivity contribution is 0.0946. The number of benzene rings is 1. The molecule has 0 heterocycles. The first kappa shape index (κ1) is 14.3. The maximum atomic E-state index is 11.8. The second kappa shape index (κ2) is 6.86. The van der Waals surface area contributed by atoms with Crippen molar-refractivity contribution in [3.8, 4) is 11.5 Å². The molecule has 1 unspecified atom stereocenters. The molecule has 18 heavy (non-hydrogen) atoms. The maximum absolute atomic E-state index is 11.8. The van der Waals surface area contributed by atoms with Gasteiger partial charge in [-0.1, -0.05) is 6.07 Å². The molecule has 1 aromatic rings. The number of amides is 1. The first-order valence-electron chi connectivity index (χ1n) is 5.88. The van der Waals surface area contributed by atoms with Gasteiger partial charge in [-0.3, -0.25) is 4.79 Å². The molecular weight excluding hydrogens is 234 g/mol. The standard InChI is InChI=1S/C13H19NO4/c1-9(15)5-4-8-14-13(17)10-6-3-7-11(18-2)12(10)16/h3,6-7,9,15-16H,4-5,8H2,1-2H3,(H,14,17). The van der Waals surface area contributed by atoms with E-state index in [9.17, 15) is 9.90 Å². The number of nitrogens with one attached hydrogen (secondary N) is 1. The molecule has 0 saturated heterocycles. The minimum Gasteiger partial charge on any atom is -0.504 e. The summed E-state index contributed by atoms with van der Waals surface area (Å²) in [5.41, 5.74) is 0.186. The fourth-order valence-corrected chi connectivity index (χ4v) is 1.56. The van der Waals surface area contributed by atoms with Gasteiger partial charge in [0.05, 0.1) is 18.8 Å². The molecule has 0 aliphatic carbocycles. The van der Waals surface area contributed by atoms with Crippen LogP contribution in [0.1, 0.15) is 30.1 Å². The van der Waals surface area contributed by atoms with Gasteiger partial charge in [0.15, 0.2) is 11.5 Å². The quantitative estimate of drug-likeness (QED) is 0.667. The normalized spacial score (nSPS) is 11.9. The van der Waals surface area contributed by atoms with Gasteiger partial charge in [0, 0.05) is 6.54 Å². The molecule has 0 aromatic heterocycles. The third-order valence-electron chi connectivity index (χ3n) is 2.55. The monoisotopic (exact) mass is 253 g/mol. The van der Waals surface area contributed by atoms with Gasteiger partial charge in [0.25, 0.3) is 5.91 Å². The average Bonchev–Trinajstić information content (AvgIpc) is 2.34. The Balaban J connectivity index is 2.56. The van der Waals surface area contributed by atoms with E-state index in [0.717, 1.165) is 0 Å². The summed E-state index contributed by atoms with van der Waals surface area (Å²) in [4.78, 5) is 11.8. The van der Waals surface area contributed by atoms with E-state index in [1.807, 2.05) is 0 Å². The smallest absolute Gasteiger partial charge is 0.255 e. The lowest BCUT2D eigenvalue weighted by atomic mass is 10.1. The molecule has 5 heteroatoms. The lowest BCUT2D eigenvalue weighted by Gasteiger charge is -2.09. The van der Waals surface area contributed by atoms with Crippen molar-refractivity contribution in [2.24, 2.45) is 0 Å². The minimum atomic E-state index is -0.368. The number of aliphatic hydroxyl groups is 1. The molecule has 100 valence electrons. The number of para-hydroxylation sites is 1. The van der Waals surface area contributed by atoms with Crippen LogP contribution in [0, 0.1) is 0 Å². The van der Waals surface area contributed by atoms with Crippen molar-refractivity contribution in [1.82, 2.24) is 5.32 Å². The SMILES string of the molecule is COc1cccc(C(=O)NCCCC(C)O)c1O. The number of hydrogen-bond donors (Lipinski definition) is 3. The molecule has 1 atom stereocenters. The predicted octanol–water partition coefficient (Wildman–Crippen LogP) is 1.29. The van der Waals surface area contributed by atoms with Crippen LogP contribution >= 0.6 is 0 Å². The highest BCUT2D eigenvalue weighted by molar-refractivity contribution is 5.97. The van der Waals surface area contributed by atoms with Crippen molar-refractivity contribution < 1.29 is 19.7 Å². The fraction of sp³-hybridized carbons (Fsp3) is 0.462. The molecule has 0 bridgehead atoms. The summed E-state index contributed by atoms with van der Waals surface area (Å²) < 4.78 is 4.93. The van der Waals surface area contributed by atoms with Gasteiger partial charge < -0.3 is 20.3 Å². The maximum Gasteiger partial charge on any atom is 0.255 e. The number of aromatic hydroxyl groups is 1. The highest BCUT2D eigenvalue weighted by atomic mass is 16.5. The summed E-state index contributed by atoms with van der Waals surface area (Å²) in [7, 11) is 1.43. The zero-order valence-electron chi connectivity index (χ0n) is 10.6. The second-order valence-corrected chi connectivity index (χ2v) is 4.10. The van der Waals surface area contributed by atoms with Crippen LogP contribution in [0.2, 0.25) is 0 Å². The van der Waals surface area contributed by atoms with Gasteiger partial charge in [0.1, 0.15) is 0 Å². The second-order valence-electron chi connectivity index (χ2n) is 4.10. The van der Waals surface area contributed by atoms with Crippen molar-refractivity contribution in [3.05, 3.63) is 23.8 Å². The Morgan fingerprint density at radius 2 is 2.22 bits per heavy atom. The average molecular weight is 253 g/mol. The molecule has 3 N–H and O–H groups in total. The van der Waals surface area contributed by atoms with Crippen LogP contribution < -0.4 is 10.1 Å². The zero-order valence-corrected chi connectivity index (χ0v) is 10.6. The van der Waals surface area contributed by atoms with Crippen molar-refractivity contribution in [2.45, 2.75) is 25.9 Å². The molecular formula is C13H19NO4. The van der Waals surface area contributed by atoms with Crippen LogP contribution in [-0.4, -0.2) is 35.9 Å². The van der Waals surface area contributed by atoms with E-state index in [0.29, 0.717) is 19.4 Å². The van der Waals surface area contributed by atoms with Crippen LogP contribution in [0.25, 0.3) is 0 Å². The van der Waals surface area contributed by atoms with E-state index in [2.05, 4.69) is 5.32 Å². The van der Waals surface area contributed by atoms with Gasteiger partial charge in [-0.25, -0.2) is 0 Å². The van der Waals surface area contributed by atoms with Crippen molar-refractivity contribution >= 4 is 5.91 Å². The van der Waals surface area contributed by atoms with E-state index in [1.165, 1.54) is 13.2 Å². The Labute approximate surface area is 106 Å². The number of carbonyl (C=O) groups is 1. The fourth-order valence-electron chi connectivity index (χ4n) is 1.56. The van der Waals surface area contributed by atoms with Crippen LogP contribution in [0.4, 0.5) is 0 Å². The van der Waals surface area contributed by atoms with Gasteiger partial charge >= 0.3 is 0 Å². The molecule has 1 rings (SSSR count). The number of carbonyl (C=O) groups excluding carboxylic acids is 1. The number of hydrogen-bond acceptors (Lipinski definition) is 4. The van der Waals surface area contributed by atoms with E-state index in [4.69, 9.17) is 9.84 Å². The summed E-state index contributed by atoms with van der Waals surface area (Å²) in [6, 6.07) is 4.75. The van der Waals surface area contributed by atoms with Gasteiger partial charge in [-0.2, -0.15) is 0 Å². The third kappa shape index (κ3) is 3.92. The third-order valence-corrected chi connectivity index (χ3v) is 2.55. The molecule has 0 aliphatic rings. The first-order valence-corrected chi connectivity index (χ1v) is 5.88. The van der Waals surface area contributed by atoms with Crippen LogP contribution in [0.15, 0.2) is 18.2 Å². The molecule has 0 radical (unpaired) electrons. The topological polar surface area (TPSA) is 78.8 Å². The van der Waals surface area contributed by atoms with Crippen molar-refractivity contribution in [1.29, 1.82) is 0 Å². The predicted molar refractivity (Wildman–Crippen MR) is 67.9 cm³/mol. The minimum absolute atomic E-state index is 0.159. The number of phenolic OH excluding ortho intramolecular Hbond substituents is 1. The Kier molecular flexibility index (Phi) is 5.45. The Morgan fingerprint density at radius 3 is 2.83 bits per heavy atom. The summed E-state index contributed by atoms with van der Waals surface area (Å²) in [6.07, 6.45) is 0.950.